The summed E-state index contributed by atoms with van der Waals surface area (Å²) in [5.41, 5.74) is 4.54. The van der Waals surface area contributed by atoms with E-state index in [1.165, 1.54) is 0 Å². The predicted molar refractivity (Wildman–Crippen MR) is 139 cm³/mol. The van der Waals surface area contributed by atoms with E-state index < -0.39 is 15.9 Å². The summed E-state index contributed by atoms with van der Waals surface area (Å²) in [4.78, 5) is 13.5. The first-order valence-corrected chi connectivity index (χ1v) is 13.3. The summed E-state index contributed by atoms with van der Waals surface area (Å²) in [6.07, 6.45) is -0.0215. The Bertz CT molecular complexity index is 1470. The van der Waals surface area contributed by atoms with Gasteiger partial charge in [0.15, 0.2) is 0 Å². The zero-order chi connectivity index (χ0) is 25.1. The van der Waals surface area contributed by atoms with Crippen LogP contribution in [0.5, 0.6) is 5.75 Å². The Kier molecular flexibility index (Phi) is 6.61. The molecular formula is C30H27NO4S. The Morgan fingerprint density at radius 2 is 1.50 bits per heavy atom. The summed E-state index contributed by atoms with van der Waals surface area (Å²) in [5, 5.41) is 0. The fraction of sp³-hybridized carbons (Fsp3) is 0.167. The van der Waals surface area contributed by atoms with Gasteiger partial charge in [0.25, 0.3) is 10.0 Å². The second-order valence-electron chi connectivity index (χ2n) is 8.99. The minimum absolute atomic E-state index is 0.00222. The van der Waals surface area contributed by atoms with Gasteiger partial charge in [-0.3, -0.25) is 4.79 Å². The van der Waals surface area contributed by atoms with Gasteiger partial charge in [0.1, 0.15) is 12.4 Å². The van der Waals surface area contributed by atoms with Gasteiger partial charge in [-0.1, -0.05) is 90.5 Å². The SMILES string of the molecule is Cc1ccc(S(=O)(=O)N2CC(c3ccccc3)c3c(cccc3OCc3ccccc3)CC2=O)cc1. The number of aryl methyl sites for hydroxylation is 1. The summed E-state index contributed by atoms with van der Waals surface area (Å²) >= 11 is 0. The number of sulfonamides is 1. The van der Waals surface area contributed by atoms with Crippen molar-refractivity contribution in [1.29, 1.82) is 0 Å². The summed E-state index contributed by atoms with van der Waals surface area (Å²) in [5.74, 6) is -0.164. The Balaban J connectivity index is 1.58. The van der Waals surface area contributed by atoms with Gasteiger partial charge in [-0.05, 0) is 41.8 Å². The van der Waals surface area contributed by atoms with Crippen molar-refractivity contribution in [3.05, 3.63) is 131 Å². The molecule has 0 aliphatic carbocycles. The number of hydrogen-bond acceptors (Lipinski definition) is 4. The summed E-state index contributed by atoms with van der Waals surface area (Å²) in [7, 11) is -4.04. The Labute approximate surface area is 212 Å². The van der Waals surface area contributed by atoms with Crippen LogP contribution in [0.3, 0.4) is 0 Å². The zero-order valence-electron chi connectivity index (χ0n) is 20.0. The van der Waals surface area contributed by atoms with Gasteiger partial charge in [-0.25, -0.2) is 12.7 Å². The highest BCUT2D eigenvalue weighted by molar-refractivity contribution is 7.89. The predicted octanol–water partition coefficient (Wildman–Crippen LogP) is 5.48. The molecule has 1 unspecified atom stereocenters. The molecule has 0 bridgehead atoms. The number of carbonyl (C=O) groups is 1. The molecule has 1 atom stereocenters. The maximum atomic E-state index is 13.7. The lowest BCUT2D eigenvalue weighted by Crippen LogP contribution is -2.39. The number of hydrogen-bond donors (Lipinski definition) is 0. The monoisotopic (exact) mass is 497 g/mol. The zero-order valence-corrected chi connectivity index (χ0v) is 20.8. The first-order chi connectivity index (χ1) is 17.4. The Hall–Kier alpha value is -3.90. The van der Waals surface area contributed by atoms with Crippen LogP contribution in [-0.4, -0.2) is 25.2 Å². The first kappa shape index (κ1) is 23.8. The van der Waals surface area contributed by atoms with Gasteiger partial charge < -0.3 is 4.74 Å². The lowest BCUT2D eigenvalue weighted by Gasteiger charge is -2.26. The van der Waals surface area contributed by atoms with E-state index in [9.17, 15) is 13.2 Å². The molecule has 0 radical (unpaired) electrons. The summed E-state index contributed by atoms with van der Waals surface area (Å²) in [6.45, 7) is 2.27. The fourth-order valence-electron chi connectivity index (χ4n) is 4.64. The number of fused-ring (bicyclic) bond motifs is 1. The van der Waals surface area contributed by atoms with Gasteiger partial charge in [0.2, 0.25) is 5.91 Å². The van der Waals surface area contributed by atoms with Crippen LogP contribution in [0.4, 0.5) is 0 Å². The summed E-state index contributed by atoms with van der Waals surface area (Å²) in [6, 6.07) is 31.8. The second kappa shape index (κ2) is 9.99. The molecule has 1 heterocycles. The van der Waals surface area contributed by atoms with Crippen LogP contribution in [0, 0.1) is 6.92 Å². The van der Waals surface area contributed by atoms with E-state index >= 15 is 0 Å². The Morgan fingerprint density at radius 1 is 0.833 bits per heavy atom. The molecule has 4 aromatic rings. The van der Waals surface area contributed by atoms with E-state index in [-0.39, 0.29) is 23.8 Å². The molecule has 4 aromatic carbocycles. The van der Waals surface area contributed by atoms with E-state index in [4.69, 9.17) is 4.74 Å². The van der Waals surface area contributed by atoms with Gasteiger partial charge in [0, 0.05) is 18.0 Å². The molecular weight excluding hydrogens is 470 g/mol. The first-order valence-electron chi connectivity index (χ1n) is 11.9. The average Bonchev–Trinajstić information content (AvgIpc) is 3.05. The van der Waals surface area contributed by atoms with Crippen LogP contribution < -0.4 is 4.74 Å². The molecule has 182 valence electrons. The molecule has 5 rings (SSSR count). The molecule has 5 nitrogen and oxygen atoms in total. The van der Waals surface area contributed by atoms with E-state index in [0.29, 0.717) is 12.4 Å². The van der Waals surface area contributed by atoms with E-state index in [1.807, 2.05) is 85.8 Å². The number of amides is 1. The standard InChI is InChI=1S/C30H27NO4S/c1-22-15-17-26(18-16-22)36(33,34)31-20-27(24-11-6-3-7-12-24)30-25(19-29(31)32)13-8-14-28(30)35-21-23-9-4-2-5-10-23/h2-18,27H,19-21H2,1H3. The number of benzene rings is 4. The normalized spacial score (nSPS) is 15.8. The number of carbonyl (C=O) groups excluding carboxylic acids is 1. The van der Waals surface area contributed by atoms with Crippen molar-refractivity contribution in [1.82, 2.24) is 4.31 Å². The van der Waals surface area contributed by atoms with Crippen molar-refractivity contribution < 1.29 is 17.9 Å². The third-order valence-electron chi connectivity index (χ3n) is 6.52. The van der Waals surface area contributed by atoms with Crippen molar-refractivity contribution in [3.63, 3.8) is 0 Å². The summed E-state index contributed by atoms with van der Waals surface area (Å²) < 4.78 is 34.6. The largest absolute Gasteiger partial charge is 0.489 e. The highest BCUT2D eigenvalue weighted by Crippen LogP contribution is 2.39. The molecule has 0 spiro atoms. The van der Waals surface area contributed by atoms with E-state index in [2.05, 4.69) is 0 Å². The van der Waals surface area contributed by atoms with Crippen LogP contribution in [0.1, 0.15) is 33.7 Å². The van der Waals surface area contributed by atoms with Crippen LogP contribution >= 0.6 is 0 Å². The number of nitrogens with zero attached hydrogens (tertiary/aromatic N) is 1. The van der Waals surface area contributed by atoms with Crippen molar-refractivity contribution in [2.75, 3.05) is 6.54 Å². The smallest absolute Gasteiger partial charge is 0.266 e. The van der Waals surface area contributed by atoms with Crippen molar-refractivity contribution in [3.8, 4) is 5.75 Å². The molecule has 6 heteroatoms. The highest BCUT2D eigenvalue weighted by atomic mass is 32.2. The van der Waals surface area contributed by atoms with E-state index in [0.717, 1.165) is 32.1 Å². The van der Waals surface area contributed by atoms with Crippen molar-refractivity contribution in [2.24, 2.45) is 0 Å². The molecule has 0 aromatic heterocycles. The molecule has 0 N–H and O–H groups in total. The third kappa shape index (κ3) is 4.77. The van der Waals surface area contributed by atoms with Crippen molar-refractivity contribution >= 4 is 15.9 Å². The highest BCUT2D eigenvalue weighted by Gasteiger charge is 2.37. The lowest BCUT2D eigenvalue weighted by atomic mass is 9.87. The minimum atomic E-state index is -4.04. The van der Waals surface area contributed by atoms with Gasteiger partial charge >= 0.3 is 0 Å². The van der Waals surface area contributed by atoms with Crippen LogP contribution in [0.15, 0.2) is 108 Å². The second-order valence-corrected chi connectivity index (χ2v) is 10.8. The number of rotatable bonds is 6. The molecule has 0 saturated heterocycles. The molecule has 0 saturated carbocycles. The van der Waals surface area contributed by atoms with Crippen LogP contribution in [-0.2, 0) is 27.8 Å². The quantitative estimate of drug-likeness (QED) is 0.354. The van der Waals surface area contributed by atoms with E-state index in [1.54, 1.807) is 24.3 Å². The molecule has 0 fully saturated rings. The molecule has 36 heavy (non-hydrogen) atoms. The average molecular weight is 498 g/mol. The number of ether oxygens (including phenoxy) is 1. The van der Waals surface area contributed by atoms with Gasteiger partial charge in [-0.2, -0.15) is 0 Å². The lowest BCUT2D eigenvalue weighted by molar-refractivity contribution is -0.125. The fourth-order valence-corrected chi connectivity index (χ4v) is 6.05. The molecule has 1 aliphatic heterocycles. The van der Waals surface area contributed by atoms with Gasteiger partial charge in [0.05, 0.1) is 11.3 Å². The maximum absolute atomic E-state index is 13.7. The molecule has 1 amide bonds. The topological polar surface area (TPSA) is 63.7 Å². The third-order valence-corrected chi connectivity index (χ3v) is 8.32. The molecule has 1 aliphatic rings. The van der Waals surface area contributed by atoms with Crippen molar-refractivity contribution in [2.45, 2.75) is 30.8 Å². The van der Waals surface area contributed by atoms with Gasteiger partial charge in [-0.15, -0.1) is 0 Å². The van der Waals surface area contributed by atoms with Crippen LogP contribution in [0.25, 0.3) is 0 Å². The maximum Gasteiger partial charge on any atom is 0.266 e. The minimum Gasteiger partial charge on any atom is -0.489 e. The Morgan fingerprint density at radius 3 is 2.19 bits per heavy atom. The van der Waals surface area contributed by atoms with Crippen LogP contribution in [0.2, 0.25) is 0 Å².